The van der Waals surface area contributed by atoms with E-state index in [1.54, 1.807) is 0 Å². The fourth-order valence-corrected chi connectivity index (χ4v) is 2.47. The van der Waals surface area contributed by atoms with Crippen LogP contribution in [0, 0.1) is 0 Å². The zero-order valence-corrected chi connectivity index (χ0v) is 12.0. The van der Waals surface area contributed by atoms with Gasteiger partial charge in [0.2, 0.25) is 5.91 Å². The molecule has 4 heteroatoms. The van der Waals surface area contributed by atoms with Gasteiger partial charge in [-0.05, 0) is 36.2 Å². The van der Waals surface area contributed by atoms with Crippen molar-refractivity contribution in [3.8, 4) is 0 Å². The smallest absolute Gasteiger partial charge is 0.248 e. The maximum absolute atomic E-state index is 12.4. The topological polar surface area (TPSA) is 53.2 Å². The molecule has 3 rings (SSSR count). The SMILES string of the molecule is CCc1cccc(NC(=O)C2CNc3ccccc3N2)c1. The Morgan fingerprint density at radius 1 is 1.19 bits per heavy atom. The Morgan fingerprint density at radius 2 is 2.00 bits per heavy atom. The van der Waals surface area contributed by atoms with Crippen LogP contribution in [0.15, 0.2) is 48.5 Å². The molecule has 1 unspecified atom stereocenters. The summed E-state index contributed by atoms with van der Waals surface area (Å²) in [5, 5.41) is 9.53. The predicted molar refractivity (Wildman–Crippen MR) is 86.8 cm³/mol. The fourth-order valence-electron chi connectivity index (χ4n) is 2.47. The molecule has 0 bridgehead atoms. The van der Waals surface area contributed by atoms with Crippen LogP contribution in [0.2, 0.25) is 0 Å². The summed E-state index contributed by atoms with van der Waals surface area (Å²) in [6.45, 7) is 2.68. The maximum atomic E-state index is 12.4. The number of fused-ring (bicyclic) bond motifs is 1. The Labute approximate surface area is 124 Å². The van der Waals surface area contributed by atoms with Gasteiger partial charge < -0.3 is 16.0 Å². The van der Waals surface area contributed by atoms with E-state index in [0.717, 1.165) is 23.5 Å². The van der Waals surface area contributed by atoms with Crippen molar-refractivity contribution in [2.45, 2.75) is 19.4 Å². The van der Waals surface area contributed by atoms with Crippen molar-refractivity contribution in [3.05, 3.63) is 54.1 Å². The van der Waals surface area contributed by atoms with Crippen molar-refractivity contribution in [2.24, 2.45) is 0 Å². The van der Waals surface area contributed by atoms with Crippen LogP contribution in [0.3, 0.4) is 0 Å². The van der Waals surface area contributed by atoms with Crippen molar-refractivity contribution >= 4 is 23.0 Å². The molecule has 0 saturated carbocycles. The molecule has 108 valence electrons. The normalized spacial score (nSPS) is 16.3. The molecular weight excluding hydrogens is 262 g/mol. The van der Waals surface area contributed by atoms with Crippen LogP contribution < -0.4 is 16.0 Å². The highest BCUT2D eigenvalue weighted by atomic mass is 16.2. The lowest BCUT2D eigenvalue weighted by Gasteiger charge is -2.27. The second-order valence-corrected chi connectivity index (χ2v) is 5.17. The monoisotopic (exact) mass is 281 g/mol. The van der Waals surface area contributed by atoms with Gasteiger partial charge in [0.25, 0.3) is 0 Å². The van der Waals surface area contributed by atoms with Crippen LogP contribution in [-0.2, 0) is 11.2 Å². The molecule has 3 N–H and O–H groups in total. The minimum atomic E-state index is -0.273. The highest BCUT2D eigenvalue weighted by Gasteiger charge is 2.23. The molecule has 0 spiro atoms. The van der Waals surface area contributed by atoms with E-state index in [1.165, 1.54) is 5.56 Å². The van der Waals surface area contributed by atoms with Gasteiger partial charge in [-0.1, -0.05) is 31.2 Å². The zero-order chi connectivity index (χ0) is 14.7. The molecule has 0 saturated heterocycles. The first kappa shape index (κ1) is 13.5. The summed E-state index contributed by atoms with van der Waals surface area (Å²) in [6, 6.07) is 15.6. The van der Waals surface area contributed by atoms with Crippen LogP contribution in [0.5, 0.6) is 0 Å². The largest absolute Gasteiger partial charge is 0.381 e. The highest BCUT2D eigenvalue weighted by Crippen LogP contribution is 2.25. The van der Waals surface area contributed by atoms with E-state index in [4.69, 9.17) is 0 Å². The van der Waals surface area contributed by atoms with Gasteiger partial charge in [-0.25, -0.2) is 0 Å². The van der Waals surface area contributed by atoms with Gasteiger partial charge in [0, 0.05) is 12.2 Å². The molecule has 2 aromatic rings. The third kappa shape index (κ3) is 2.99. The number of nitrogens with one attached hydrogen (secondary N) is 3. The number of carbonyl (C=O) groups excluding carboxylic acids is 1. The van der Waals surface area contributed by atoms with Crippen molar-refractivity contribution in [2.75, 3.05) is 22.5 Å². The second-order valence-electron chi connectivity index (χ2n) is 5.17. The lowest BCUT2D eigenvalue weighted by atomic mass is 10.1. The number of para-hydroxylation sites is 2. The first-order valence-corrected chi connectivity index (χ1v) is 7.25. The average Bonchev–Trinajstić information content (AvgIpc) is 2.54. The summed E-state index contributed by atoms with van der Waals surface area (Å²) < 4.78 is 0. The molecule has 1 aliphatic heterocycles. The lowest BCUT2D eigenvalue weighted by molar-refractivity contribution is -0.116. The summed E-state index contributed by atoms with van der Waals surface area (Å²) in [5.74, 6) is -0.0229. The van der Waals surface area contributed by atoms with E-state index in [1.807, 2.05) is 42.5 Å². The zero-order valence-electron chi connectivity index (χ0n) is 12.0. The molecule has 4 nitrogen and oxygen atoms in total. The van der Waals surface area contributed by atoms with Gasteiger partial charge in [-0.15, -0.1) is 0 Å². The maximum Gasteiger partial charge on any atom is 0.248 e. The number of hydrogen-bond acceptors (Lipinski definition) is 3. The molecule has 0 aromatic heterocycles. The number of anilines is 3. The molecule has 0 fully saturated rings. The molecule has 1 atom stereocenters. The lowest BCUT2D eigenvalue weighted by Crippen LogP contribution is -2.42. The Kier molecular flexibility index (Phi) is 3.77. The van der Waals surface area contributed by atoms with Crippen LogP contribution in [-0.4, -0.2) is 18.5 Å². The molecule has 1 heterocycles. The fraction of sp³-hybridized carbons (Fsp3) is 0.235. The molecule has 21 heavy (non-hydrogen) atoms. The van der Waals surface area contributed by atoms with Crippen LogP contribution in [0.4, 0.5) is 17.1 Å². The van der Waals surface area contributed by atoms with E-state index in [-0.39, 0.29) is 11.9 Å². The summed E-state index contributed by atoms with van der Waals surface area (Å²) >= 11 is 0. The Balaban J connectivity index is 1.69. The predicted octanol–water partition coefficient (Wildman–Crippen LogP) is 3.09. The van der Waals surface area contributed by atoms with Crippen LogP contribution in [0.25, 0.3) is 0 Å². The van der Waals surface area contributed by atoms with Crippen molar-refractivity contribution < 1.29 is 4.79 Å². The van der Waals surface area contributed by atoms with Crippen molar-refractivity contribution in [3.63, 3.8) is 0 Å². The van der Waals surface area contributed by atoms with Crippen LogP contribution in [0.1, 0.15) is 12.5 Å². The third-order valence-electron chi connectivity index (χ3n) is 3.67. The van der Waals surface area contributed by atoms with E-state index < -0.39 is 0 Å². The van der Waals surface area contributed by atoms with E-state index in [2.05, 4.69) is 28.9 Å². The molecule has 1 amide bonds. The summed E-state index contributed by atoms with van der Waals surface area (Å²) in [6.07, 6.45) is 0.959. The van der Waals surface area contributed by atoms with Gasteiger partial charge in [-0.2, -0.15) is 0 Å². The van der Waals surface area contributed by atoms with Gasteiger partial charge in [0.1, 0.15) is 6.04 Å². The average molecular weight is 281 g/mol. The Bertz CT molecular complexity index is 654. The van der Waals surface area contributed by atoms with Gasteiger partial charge in [-0.3, -0.25) is 4.79 Å². The second kappa shape index (κ2) is 5.87. The number of hydrogen-bond donors (Lipinski definition) is 3. The van der Waals surface area contributed by atoms with Gasteiger partial charge in [0.05, 0.1) is 11.4 Å². The van der Waals surface area contributed by atoms with E-state index >= 15 is 0 Å². The first-order chi connectivity index (χ1) is 10.3. The quantitative estimate of drug-likeness (QED) is 0.810. The standard InChI is InChI=1S/C17H19N3O/c1-2-12-6-5-7-13(10-12)19-17(21)16-11-18-14-8-3-4-9-15(14)20-16/h3-10,16,18,20H,2,11H2,1H3,(H,19,21). The first-order valence-electron chi connectivity index (χ1n) is 7.25. The Hall–Kier alpha value is -2.49. The summed E-state index contributed by atoms with van der Waals surface area (Å²) in [5.41, 5.74) is 4.06. The number of amides is 1. The molecule has 2 aromatic carbocycles. The molecule has 0 radical (unpaired) electrons. The molecular formula is C17H19N3O. The number of carbonyl (C=O) groups is 1. The Morgan fingerprint density at radius 3 is 2.81 bits per heavy atom. The van der Waals surface area contributed by atoms with Gasteiger partial charge in [0.15, 0.2) is 0 Å². The van der Waals surface area contributed by atoms with Crippen LogP contribution >= 0.6 is 0 Å². The van der Waals surface area contributed by atoms with Gasteiger partial charge >= 0.3 is 0 Å². The number of rotatable bonds is 3. The van der Waals surface area contributed by atoms with Crippen molar-refractivity contribution in [1.29, 1.82) is 0 Å². The van der Waals surface area contributed by atoms with E-state index in [0.29, 0.717) is 6.54 Å². The minimum absolute atomic E-state index is 0.0229. The molecule has 1 aliphatic rings. The summed E-state index contributed by atoms with van der Waals surface area (Å²) in [4.78, 5) is 12.4. The number of aryl methyl sites for hydroxylation is 1. The van der Waals surface area contributed by atoms with Crippen molar-refractivity contribution in [1.82, 2.24) is 0 Å². The minimum Gasteiger partial charge on any atom is -0.381 e. The highest BCUT2D eigenvalue weighted by molar-refractivity contribution is 5.98. The third-order valence-corrected chi connectivity index (χ3v) is 3.67. The number of benzene rings is 2. The molecule has 0 aliphatic carbocycles. The summed E-state index contributed by atoms with van der Waals surface area (Å²) in [7, 11) is 0. The van der Waals surface area contributed by atoms with E-state index in [9.17, 15) is 4.79 Å².